The predicted octanol–water partition coefficient (Wildman–Crippen LogP) is 6.81. The first-order chi connectivity index (χ1) is 16.5. The molecule has 0 aliphatic carbocycles. The maximum atomic E-state index is 12.9. The lowest BCUT2D eigenvalue weighted by atomic mass is 9.99. The molecule has 34 heavy (non-hydrogen) atoms. The molecule has 0 spiro atoms. The standard InChI is InChI=1S/C27H24N4OS2/c1-17-13-19(3)21(14-18(17)2)23-15-25(31(30-23)20-9-5-4-6-10-20)29-26(32)16-33-27-28-22-11-7-8-12-24(22)34-27/h4-15H,16H2,1-3H3,(H,29,32). The van der Waals surface area contributed by atoms with Gasteiger partial charge in [-0.05, 0) is 67.8 Å². The van der Waals surface area contributed by atoms with Crippen LogP contribution in [-0.4, -0.2) is 26.4 Å². The second kappa shape index (κ2) is 9.44. The Bertz CT molecular complexity index is 1450. The van der Waals surface area contributed by atoms with Crippen LogP contribution < -0.4 is 5.32 Å². The number of para-hydroxylation sites is 2. The molecule has 5 aromatic rings. The molecule has 0 unspecified atom stereocenters. The summed E-state index contributed by atoms with van der Waals surface area (Å²) in [5.41, 5.74) is 7.38. The Hall–Kier alpha value is -3.42. The molecule has 1 N–H and O–H groups in total. The maximum Gasteiger partial charge on any atom is 0.235 e. The number of thiazole rings is 1. The first kappa shape index (κ1) is 22.4. The summed E-state index contributed by atoms with van der Waals surface area (Å²) in [7, 11) is 0. The fraction of sp³-hybridized carbons (Fsp3) is 0.148. The third kappa shape index (κ3) is 4.62. The van der Waals surface area contributed by atoms with Crippen molar-refractivity contribution in [3.05, 3.63) is 89.5 Å². The van der Waals surface area contributed by atoms with Gasteiger partial charge in [-0.3, -0.25) is 4.79 Å². The molecule has 7 heteroatoms. The van der Waals surface area contributed by atoms with Crippen molar-refractivity contribution in [2.45, 2.75) is 25.1 Å². The van der Waals surface area contributed by atoms with E-state index in [9.17, 15) is 4.79 Å². The molecule has 0 aliphatic heterocycles. The minimum absolute atomic E-state index is 0.0929. The molecule has 3 aromatic carbocycles. The highest BCUT2D eigenvalue weighted by molar-refractivity contribution is 8.01. The summed E-state index contributed by atoms with van der Waals surface area (Å²) in [6.07, 6.45) is 0. The monoisotopic (exact) mass is 484 g/mol. The molecule has 5 rings (SSSR count). The number of aryl methyl sites for hydroxylation is 3. The number of carbonyl (C=O) groups excluding carboxylic acids is 1. The van der Waals surface area contributed by atoms with E-state index >= 15 is 0 Å². The van der Waals surface area contributed by atoms with Crippen LogP contribution in [0.4, 0.5) is 5.82 Å². The van der Waals surface area contributed by atoms with Crippen molar-refractivity contribution in [3.63, 3.8) is 0 Å². The number of carbonyl (C=O) groups is 1. The zero-order chi connectivity index (χ0) is 23.7. The summed E-state index contributed by atoms with van der Waals surface area (Å²) in [5.74, 6) is 0.830. The highest BCUT2D eigenvalue weighted by Crippen LogP contribution is 2.31. The zero-order valence-electron chi connectivity index (χ0n) is 19.2. The van der Waals surface area contributed by atoms with E-state index in [1.54, 1.807) is 16.0 Å². The maximum absolute atomic E-state index is 12.9. The number of hydrogen-bond donors (Lipinski definition) is 1. The van der Waals surface area contributed by atoms with Crippen LogP contribution in [-0.2, 0) is 4.79 Å². The van der Waals surface area contributed by atoms with Crippen molar-refractivity contribution >= 4 is 45.0 Å². The fourth-order valence-electron chi connectivity index (χ4n) is 3.82. The first-order valence-electron chi connectivity index (χ1n) is 11.0. The van der Waals surface area contributed by atoms with Gasteiger partial charge in [0.15, 0.2) is 4.34 Å². The van der Waals surface area contributed by atoms with Gasteiger partial charge < -0.3 is 5.32 Å². The molecule has 0 aliphatic rings. The van der Waals surface area contributed by atoms with Crippen LogP contribution in [0.2, 0.25) is 0 Å². The highest BCUT2D eigenvalue weighted by Gasteiger charge is 2.16. The Morgan fingerprint density at radius 1 is 0.941 bits per heavy atom. The van der Waals surface area contributed by atoms with Gasteiger partial charge in [0.2, 0.25) is 5.91 Å². The molecule has 1 amide bonds. The Balaban J connectivity index is 1.41. The van der Waals surface area contributed by atoms with Gasteiger partial charge in [0.25, 0.3) is 0 Å². The first-order valence-corrected chi connectivity index (χ1v) is 12.8. The second-order valence-electron chi connectivity index (χ2n) is 8.20. The van der Waals surface area contributed by atoms with E-state index in [4.69, 9.17) is 5.10 Å². The smallest absolute Gasteiger partial charge is 0.235 e. The number of hydrogen-bond acceptors (Lipinski definition) is 5. The number of aromatic nitrogens is 3. The largest absolute Gasteiger partial charge is 0.310 e. The van der Waals surface area contributed by atoms with Crippen molar-refractivity contribution in [1.82, 2.24) is 14.8 Å². The molecule has 0 saturated carbocycles. The van der Waals surface area contributed by atoms with Gasteiger partial charge in [-0.1, -0.05) is 48.2 Å². The lowest BCUT2D eigenvalue weighted by Crippen LogP contribution is -2.16. The van der Waals surface area contributed by atoms with Crippen molar-refractivity contribution in [2.75, 3.05) is 11.1 Å². The van der Waals surface area contributed by atoms with E-state index in [2.05, 4.69) is 43.2 Å². The van der Waals surface area contributed by atoms with Gasteiger partial charge in [-0.15, -0.1) is 11.3 Å². The summed E-state index contributed by atoms with van der Waals surface area (Å²) >= 11 is 3.06. The Kier molecular flexibility index (Phi) is 6.22. The van der Waals surface area contributed by atoms with E-state index in [1.165, 1.54) is 22.9 Å². The predicted molar refractivity (Wildman–Crippen MR) is 142 cm³/mol. The fourth-order valence-corrected chi connectivity index (χ4v) is 5.69. The quantitative estimate of drug-likeness (QED) is 0.269. The molecule has 5 nitrogen and oxygen atoms in total. The van der Waals surface area contributed by atoms with E-state index < -0.39 is 0 Å². The lowest BCUT2D eigenvalue weighted by molar-refractivity contribution is -0.113. The number of benzene rings is 3. The summed E-state index contributed by atoms with van der Waals surface area (Å²) in [6.45, 7) is 6.31. The van der Waals surface area contributed by atoms with Crippen molar-refractivity contribution < 1.29 is 4.79 Å². The normalized spacial score (nSPS) is 11.1. The summed E-state index contributed by atoms with van der Waals surface area (Å²) in [6, 6.07) is 24.2. The minimum atomic E-state index is -0.0929. The number of amides is 1. The number of nitrogens with one attached hydrogen (secondary N) is 1. The van der Waals surface area contributed by atoms with Crippen LogP contribution in [0, 0.1) is 20.8 Å². The molecule has 0 bridgehead atoms. The number of rotatable bonds is 6. The van der Waals surface area contributed by atoms with Crippen LogP contribution in [0.25, 0.3) is 27.2 Å². The van der Waals surface area contributed by atoms with Crippen molar-refractivity contribution in [2.24, 2.45) is 0 Å². The van der Waals surface area contributed by atoms with Crippen molar-refractivity contribution in [1.29, 1.82) is 0 Å². The van der Waals surface area contributed by atoms with E-state index in [0.717, 1.165) is 37.1 Å². The van der Waals surface area contributed by atoms with Gasteiger partial charge >= 0.3 is 0 Å². The molecule has 0 radical (unpaired) electrons. The van der Waals surface area contributed by atoms with Gasteiger partial charge in [0.1, 0.15) is 5.82 Å². The second-order valence-corrected chi connectivity index (χ2v) is 10.5. The van der Waals surface area contributed by atoms with Crippen LogP contribution in [0.3, 0.4) is 0 Å². The highest BCUT2D eigenvalue weighted by atomic mass is 32.2. The van der Waals surface area contributed by atoms with Crippen LogP contribution in [0.15, 0.2) is 77.1 Å². The number of nitrogens with zero attached hydrogens (tertiary/aromatic N) is 3. The molecule has 0 fully saturated rings. The molecular formula is C27H24N4OS2. The van der Waals surface area contributed by atoms with E-state index in [-0.39, 0.29) is 11.7 Å². The third-order valence-electron chi connectivity index (χ3n) is 5.70. The van der Waals surface area contributed by atoms with Gasteiger partial charge in [0.05, 0.1) is 27.4 Å². The number of fused-ring (bicyclic) bond motifs is 1. The Labute approximate surface area is 206 Å². The molecule has 170 valence electrons. The molecule has 0 atom stereocenters. The van der Waals surface area contributed by atoms with Crippen LogP contribution in [0.5, 0.6) is 0 Å². The van der Waals surface area contributed by atoms with E-state index in [1.807, 2.05) is 60.7 Å². The van der Waals surface area contributed by atoms with E-state index in [0.29, 0.717) is 5.82 Å². The molecule has 0 saturated heterocycles. The molecular weight excluding hydrogens is 460 g/mol. The van der Waals surface area contributed by atoms with Crippen LogP contribution in [0.1, 0.15) is 16.7 Å². The lowest BCUT2D eigenvalue weighted by Gasteiger charge is -2.08. The molecule has 2 aromatic heterocycles. The minimum Gasteiger partial charge on any atom is -0.310 e. The molecule has 2 heterocycles. The van der Waals surface area contributed by atoms with Gasteiger partial charge in [-0.25, -0.2) is 9.67 Å². The van der Waals surface area contributed by atoms with Gasteiger partial charge in [0, 0.05) is 11.6 Å². The van der Waals surface area contributed by atoms with Gasteiger partial charge in [-0.2, -0.15) is 5.10 Å². The summed E-state index contributed by atoms with van der Waals surface area (Å²) < 4.78 is 3.81. The Morgan fingerprint density at radius 2 is 1.68 bits per heavy atom. The average Bonchev–Trinajstić information content (AvgIpc) is 3.44. The number of thioether (sulfide) groups is 1. The summed E-state index contributed by atoms with van der Waals surface area (Å²) in [5, 5.41) is 7.93. The SMILES string of the molecule is Cc1cc(C)c(-c2cc(NC(=O)CSc3nc4ccccc4s3)n(-c3ccccc3)n2)cc1C. The van der Waals surface area contributed by atoms with Crippen molar-refractivity contribution in [3.8, 4) is 16.9 Å². The zero-order valence-corrected chi connectivity index (χ0v) is 20.8. The third-order valence-corrected chi connectivity index (χ3v) is 7.87. The van der Waals surface area contributed by atoms with Crippen LogP contribution >= 0.6 is 23.1 Å². The number of anilines is 1. The summed E-state index contributed by atoms with van der Waals surface area (Å²) in [4.78, 5) is 17.5. The Morgan fingerprint density at radius 3 is 2.47 bits per heavy atom. The topological polar surface area (TPSA) is 59.8 Å². The average molecular weight is 485 g/mol.